The normalized spacial score (nSPS) is 28.6. The van der Waals surface area contributed by atoms with Crippen LogP contribution in [0.3, 0.4) is 0 Å². The number of ether oxygens (including phenoxy) is 2. The van der Waals surface area contributed by atoms with Crippen LogP contribution in [-0.2, 0) is 14.3 Å². The Morgan fingerprint density at radius 3 is 2.65 bits per heavy atom. The maximum absolute atomic E-state index is 12.3. The van der Waals surface area contributed by atoms with Crippen LogP contribution in [0, 0.1) is 11.3 Å². The molecule has 2 atom stereocenters. The van der Waals surface area contributed by atoms with Crippen LogP contribution < -0.4 is 0 Å². The van der Waals surface area contributed by atoms with Crippen molar-refractivity contribution in [1.29, 1.82) is 0 Å². The number of esters is 1. The molecule has 1 fully saturated rings. The van der Waals surface area contributed by atoms with Crippen molar-refractivity contribution >= 4 is 5.97 Å². The summed E-state index contributed by atoms with van der Waals surface area (Å²) in [7, 11) is 0. The molecule has 100 valence electrons. The Labute approximate surface area is 105 Å². The average Bonchev–Trinajstić information content (AvgIpc) is 2.70. The summed E-state index contributed by atoms with van der Waals surface area (Å²) in [6.45, 7) is 9.34. The summed E-state index contributed by atoms with van der Waals surface area (Å²) >= 11 is 0. The second kappa shape index (κ2) is 6.39. The van der Waals surface area contributed by atoms with Gasteiger partial charge in [0, 0.05) is 6.61 Å². The van der Waals surface area contributed by atoms with Gasteiger partial charge in [-0.2, -0.15) is 0 Å². The molecule has 0 N–H and O–H groups in total. The van der Waals surface area contributed by atoms with E-state index in [2.05, 4.69) is 20.8 Å². The monoisotopic (exact) mass is 242 g/mol. The van der Waals surface area contributed by atoms with Gasteiger partial charge in [0.05, 0.1) is 18.1 Å². The summed E-state index contributed by atoms with van der Waals surface area (Å²) in [4.78, 5) is 12.3. The Balaban J connectivity index is 2.69. The van der Waals surface area contributed by atoms with Crippen molar-refractivity contribution in [2.75, 3.05) is 13.2 Å². The summed E-state index contributed by atoms with van der Waals surface area (Å²) in [5.41, 5.74) is -0.384. The SMILES string of the molecule is CCOC1CCCC1(CC)C(=O)OCC(C)C. The summed E-state index contributed by atoms with van der Waals surface area (Å²) < 4.78 is 11.2. The van der Waals surface area contributed by atoms with Crippen molar-refractivity contribution in [3.8, 4) is 0 Å². The van der Waals surface area contributed by atoms with Gasteiger partial charge in [0.1, 0.15) is 0 Å². The number of hydrogen-bond donors (Lipinski definition) is 0. The van der Waals surface area contributed by atoms with Gasteiger partial charge in [0.15, 0.2) is 0 Å². The van der Waals surface area contributed by atoms with Crippen LogP contribution >= 0.6 is 0 Å². The van der Waals surface area contributed by atoms with E-state index >= 15 is 0 Å². The third-order valence-corrected chi connectivity index (χ3v) is 3.66. The van der Waals surface area contributed by atoms with Crippen LogP contribution in [0.25, 0.3) is 0 Å². The smallest absolute Gasteiger partial charge is 0.314 e. The first-order valence-electron chi connectivity index (χ1n) is 6.85. The van der Waals surface area contributed by atoms with Crippen molar-refractivity contribution in [3.63, 3.8) is 0 Å². The van der Waals surface area contributed by atoms with E-state index in [0.717, 1.165) is 25.7 Å². The molecular weight excluding hydrogens is 216 g/mol. The Kier molecular flexibility index (Phi) is 5.44. The molecule has 1 aliphatic carbocycles. The predicted octanol–water partition coefficient (Wildman–Crippen LogP) is 3.17. The fourth-order valence-electron chi connectivity index (χ4n) is 2.65. The van der Waals surface area contributed by atoms with Gasteiger partial charge in [-0.1, -0.05) is 20.8 Å². The lowest BCUT2D eigenvalue weighted by atomic mass is 9.81. The van der Waals surface area contributed by atoms with E-state index in [1.165, 1.54) is 0 Å². The standard InChI is InChI=1S/C14H26O3/c1-5-14(13(15)17-10-11(3)4)9-7-8-12(14)16-6-2/h11-12H,5-10H2,1-4H3. The van der Waals surface area contributed by atoms with Gasteiger partial charge in [-0.15, -0.1) is 0 Å². The van der Waals surface area contributed by atoms with Crippen LogP contribution in [-0.4, -0.2) is 25.3 Å². The van der Waals surface area contributed by atoms with Gasteiger partial charge < -0.3 is 9.47 Å². The minimum absolute atomic E-state index is 0.0512. The topological polar surface area (TPSA) is 35.5 Å². The lowest BCUT2D eigenvalue weighted by Crippen LogP contribution is -2.41. The highest BCUT2D eigenvalue weighted by molar-refractivity contribution is 5.78. The van der Waals surface area contributed by atoms with Gasteiger partial charge in [0.2, 0.25) is 0 Å². The molecule has 1 rings (SSSR count). The number of carbonyl (C=O) groups is 1. The number of carbonyl (C=O) groups excluding carboxylic acids is 1. The largest absolute Gasteiger partial charge is 0.465 e. The maximum Gasteiger partial charge on any atom is 0.314 e. The minimum atomic E-state index is -0.384. The minimum Gasteiger partial charge on any atom is -0.465 e. The molecule has 2 unspecified atom stereocenters. The molecule has 17 heavy (non-hydrogen) atoms. The molecule has 0 aromatic carbocycles. The number of rotatable bonds is 6. The summed E-state index contributed by atoms with van der Waals surface area (Å²) in [5, 5.41) is 0. The molecule has 3 nitrogen and oxygen atoms in total. The highest BCUT2D eigenvalue weighted by Gasteiger charge is 2.49. The third-order valence-electron chi connectivity index (χ3n) is 3.66. The molecule has 1 saturated carbocycles. The fourth-order valence-corrected chi connectivity index (χ4v) is 2.65. The van der Waals surface area contributed by atoms with Gasteiger partial charge in [-0.3, -0.25) is 4.79 Å². The van der Waals surface area contributed by atoms with E-state index in [0.29, 0.717) is 19.1 Å². The molecule has 0 saturated heterocycles. The Hall–Kier alpha value is -0.570. The first-order valence-corrected chi connectivity index (χ1v) is 6.85. The molecule has 0 heterocycles. The molecule has 0 spiro atoms. The fraction of sp³-hybridized carbons (Fsp3) is 0.929. The van der Waals surface area contributed by atoms with Crippen molar-refractivity contribution in [2.45, 2.75) is 59.5 Å². The van der Waals surface area contributed by atoms with Gasteiger partial charge in [0.25, 0.3) is 0 Å². The first-order chi connectivity index (χ1) is 8.06. The molecule has 0 aromatic rings. The van der Waals surface area contributed by atoms with E-state index < -0.39 is 0 Å². The van der Waals surface area contributed by atoms with E-state index in [-0.39, 0.29) is 17.5 Å². The second-order valence-corrected chi connectivity index (χ2v) is 5.34. The molecule has 0 aliphatic heterocycles. The van der Waals surface area contributed by atoms with Crippen molar-refractivity contribution in [3.05, 3.63) is 0 Å². The zero-order valence-electron chi connectivity index (χ0n) is 11.6. The van der Waals surface area contributed by atoms with E-state index in [9.17, 15) is 4.79 Å². The van der Waals surface area contributed by atoms with Crippen LogP contribution in [0.15, 0.2) is 0 Å². The molecule has 0 bridgehead atoms. The average molecular weight is 242 g/mol. The van der Waals surface area contributed by atoms with Gasteiger partial charge in [-0.05, 0) is 38.5 Å². The molecule has 0 radical (unpaired) electrons. The molecule has 3 heteroatoms. The van der Waals surface area contributed by atoms with Crippen molar-refractivity contribution in [1.82, 2.24) is 0 Å². The van der Waals surface area contributed by atoms with Crippen LogP contribution in [0.5, 0.6) is 0 Å². The van der Waals surface area contributed by atoms with Crippen LogP contribution in [0.2, 0.25) is 0 Å². The van der Waals surface area contributed by atoms with Crippen LogP contribution in [0.1, 0.15) is 53.4 Å². The maximum atomic E-state index is 12.3. The molecular formula is C14H26O3. The molecule has 0 amide bonds. The Morgan fingerprint density at radius 2 is 2.12 bits per heavy atom. The van der Waals surface area contributed by atoms with Gasteiger partial charge >= 0.3 is 5.97 Å². The lowest BCUT2D eigenvalue weighted by molar-refractivity contribution is -0.165. The highest BCUT2D eigenvalue weighted by atomic mass is 16.5. The van der Waals surface area contributed by atoms with E-state index in [4.69, 9.17) is 9.47 Å². The number of hydrogen-bond acceptors (Lipinski definition) is 3. The van der Waals surface area contributed by atoms with Crippen LogP contribution in [0.4, 0.5) is 0 Å². The predicted molar refractivity (Wildman–Crippen MR) is 67.8 cm³/mol. The summed E-state index contributed by atoms with van der Waals surface area (Å²) in [6, 6.07) is 0. The summed E-state index contributed by atoms with van der Waals surface area (Å²) in [6.07, 6.45) is 3.82. The summed E-state index contributed by atoms with van der Waals surface area (Å²) in [5.74, 6) is 0.337. The quantitative estimate of drug-likeness (QED) is 0.671. The Bertz CT molecular complexity index is 250. The Morgan fingerprint density at radius 1 is 1.41 bits per heavy atom. The van der Waals surface area contributed by atoms with Crippen molar-refractivity contribution in [2.24, 2.45) is 11.3 Å². The van der Waals surface area contributed by atoms with Crippen molar-refractivity contribution < 1.29 is 14.3 Å². The lowest BCUT2D eigenvalue weighted by Gasteiger charge is -2.32. The zero-order valence-corrected chi connectivity index (χ0v) is 11.6. The van der Waals surface area contributed by atoms with Gasteiger partial charge in [-0.25, -0.2) is 0 Å². The molecule has 0 aromatic heterocycles. The third kappa shape index (κ3) is 3.21. The first kappa shape index (κ1) is 14.5. The highest BCUT2D eigenvalue weighted by Crippen LogP contribution is 2.44. The van der Waals surface area contributed by atoms with E-state index in [1.807, 2.05) is 6.92 Å². The second-order valence-electron chi connectivity index (χ2n) is 5.34. The van der Waals surface area contributed by atoms with E-state index in [1.54, 1.807) is 0 Å². The zero-order chi connectivity index (χ0) is 12.9. The molecule has 1 aliphatic rings.